The summed E-state index contributed by atoms with van der Waals surface area (Å²) >= 11 is 0. The van der Waals surface area contributed by atoms with Gasteiger partial charge in [0.25, 0.3) is 0 Å². The Morgan fingerprint density at radius 1 is 1.73 bits per heavy atom. The zero-order valence-corrected chi connectivity index (χ0v) is 7.09. The lowest BCUT2D eigenvalue weighted by atomic mass is 10.0. The summed E-state index contributed by atoms with van der Waals surface area (Å²) in [6, 6.07) is 1.90. The molecule has 0 radical (unpaired) electrons. The molecule has 11 heavy (non-hydrogen) atoms. The minimum absolute atomic E-state index is 0.546. The van der Waals surface area contributed by atoms with Crippen molar-refractivity contribution >= 4 is 5.82 Å². The molecule has 3 nitrogen and oxygen atoms in total. The second kappa shape index (κ2) is 3.42. The monoisotopic (exact) mass is 153 g/mol. The Hall–Kier alpha value is -0.990. The van der Waals surface area contributed by atoms with Crippen molar-refractivity contribution in [3.63, 3.8) is 0 Å². The Kier molecular flexibility index (Phi) is 2.52. The summed E-state index contributed by atoms with van der Waals surface area (Å²) in [4.78, 5) is 0. The van der Waals surface area contributed by atoms with Gasteiger partial charge in [-0.15, -0.1) is 0 Å². The molecule has 0 saturated heterocycles. The van der Waals surface area contributed by atoms with E-state index in [1.807, 2.05) is 6.07 Å². The van der Waals surface area contributed by atoms with Crippen molar-refractivity contribution in [1.82, 2.24) is 10.2 Å². The van der Waals surface area contributed by atoms with Crippen LogP contribution < -0.4 is 5.73 Å². The molecule has 0 fully saturated rings. The molecule has 0 saturated carbocycles. The van der Waals surface area contributed by atoms with Crippen LogP contribution >= 0.6 is 0 Å². The van der Waals surface area contributed by atoms with Gasteiger partial charge in [0.15, 0.2) is 0 Å². The number of rotatable bonds is 3. The predicted octanol–water partition coefficient (Wildman–Crippen LogP) is 1.90. The van der Waals surface area contributed by atoms with Gasteiger partial charge >= 0.3 is 0 Å². The smallest absolute Gasteiger partial charge is 0.145 e. The largest absolute Gasteiger partial charge is 0.382 e. The van der Waals surface area contributed by atoms with Crippen LogP contribution in [-0.2, 0) is 0 Å². The van der Waals surface area contributed by atoms with Crippen LogP contribution in [0, 0.1) is 0 Å². The summed E-state index contributed by atoms with van der Waals surface area (Å²) in [5, 5.41) is 6.79. The first-order valence-corrected chi connectivity index (χ1v) is 4.04. The molecular formula is C8H15N3. The van der Waals surface area contributed by atoms with Crippen LogP contribution in [0.1, 0.15) is 38.3 Å². The minimum Gasteiger partial charge on any atom is -0.382 e. The second-order valence-corrected chi connectivity index (χ2v) is 2.94. The molecular weight excluding hydrogens is 138 g/mol. The lowest BCUT2D eigenvalue weighted by Gasteiger charge is -2.04. The highest BCUT2D eigenvalue weighted by Crippen LogP contribution is 2.18. The van der Waals surface area contributed by atoms with E-state index in [0.717, 1.165) is 5.69 Å². The van der Waals surface area contributed by atoms with Gasteiger partial charge in [-0.05, 0) is 12.3 Å². The van der Waals surface area contributed by atoms with Gasteiger partial charge in [-0.1, -0.05) is 20.3 Å². The SMILES string of the molecule is CCC[C@H](C)c1cc(N)n[nH]1. The van der Waals surface area contributed by atoms with Crippen molar-refractivity contribution in [2.75, 3.05) is 5.73 Å². The molecule has 0 aliphatic carbocycles. The molecule has 3 N–H and O–H groups in total. The fourth-order valence-electron chi connectivity index (χ4n) is 1.19. The Labute approximate surface area is 67.0 Å². The van der Waals surface area contributed by atoms with Gasteiger partial charge in [0, 0.05) is 11.8 Å². The first-order valence-electron chi connectivity index (χ1n) is 4.04. The number of nitrogens with two attached hydrogens (primary N) is 1. The molecule has 0 aromatic carbocycles. The Morgan fingerprint density at radius 2 is 2.45 bits per heavy atom. The van der Waals surface area contributed by atoms with E-state index >= 15 is 0 Å². The highest BCUT2D eigenvalue weighted by atomic mass is 15.2. The Bertz CT molecular complexity index is 217. The lowest BCUT2D eigenvalue weighted by Crippen LogP contribution is -1.92. The molecule has 62 valence electrons. The van der Waals surface area contributed by atoms with Crippen molar-refractivity contribution < 1.29 is 0 Å². The van der Waals surface area contributed by atoms with Crippen LogP contribution in [0.4, 0.5) is 5.82 Å². The minimum atomic E-state index is 0.546. The van der Waals surface area contributed by atoms with Crippen molar-refractivity contribution in [1.29, 1.82) is 0 Å². The van der Waals surface area contributed by atoms with E-state index in [2.05, 4.69) is 24.0 Å². The molecule has 0 aliphatic heterocycles. The molecule has 1 aromatic rings. The topological polar surface area (TPSA) is 54.7 Å². The highest BCUT2D eigenvalue weighted by Gasteiger charge is 2.05. The molecule has 0 spiro atoms. The fourth-order valence-corrected chi connectivity index (χ4v) is 1.19. The maximum absolute atomic E-state index is 5.47. The van der Waals surface area contributed by atoms with E-state index in [4.69, 9.17) is 5.73 Å². The van der Waals surface area contributed by atoms with Crippen molar-refractivity contribution in [3.05, 3.63) is 11.8 Å². The van der Waals surface area contributed by atoms with Crippen LogP contribution in [0.5, 0.6) is 0 Å². The molecule has 1 aromatic heterocycles. The zero-order chi connectivity index (χ0) is 8.27. The third kappa shape index (κ3) is 1.97. The summed E-state index contributed by atoms with van der Waals surface area (Å²) in [5.41, 5.74) is 6.61. The van der Waals surface area contributed by atoms with E-state index in [1.165, 1.54) is 12.8 Å². The van der Waals surface area contributed by atoms with Crippen LogP contribution in [-0.4, -0.2) is 10.2 Å². The fraction of sp³-hybridized carbons (Fsp3) is 0.625. The van der Waals surface area contributed by atoms with E-state index in [0.29, 0.717) is 11.7 Å². The average molecular weight is 153 g/mol. The third-order valence-corrected chi connectivity index (χ3v) is 1.87. The van der Waals surface area contributed by atoms with E-state index in [1.54, 1.807) is 0 Å². The maximum atomic E-state index is 5.47. The van der Waals surface area contributed by atoms with E-state index < -0.39 is 0 Å². The molecule has 0 bridgehead atoms. The second-order valence-electron chi connectivity index (χ2n) is 2.94. The van der Waals surface area contributed by atoms with Gasteiger partial charge in [-0.3, -0.25) is 5.10 Å². The van der Waals surface area contributed by atoms with Crippen molar-refractivity contribution in [2.24, 2.45) is 0 Å². The summed E-state index contributed by atoms with van der Waals surface area (Å²) in [5.74, 6) is 1.13. The van der Waals surface area contributed by atoms with Gasteiger partial charge in [-0.2, -0.15) is 5.10 Å². The van der Waals surface area contributed by atoms with Crippen LogP contribution in [0.2, 0.25) is 0 Å². The molecule has 0 unspecified atom stereocenters. The first-order chi connectivity index (χ1) is 5.24. The van der Waals surface area contributed by atoms with Gasteiger partial charge in [0.05, 0.1) is 0 Å². The van der Waals surface area contributed by atoms with Crippen LogP contribution in [0.15, 0.2) is 6.07 Å². The molecule has 3 heteroatoms. The number of hydrogen-bond acceptors (Lipinski definition) is 2. The third-order valence-electron chi connectivity index (χ3n) is 1.87. The van der Waals surface area contributed by atoms with Gasteiger partial charge in [0.1, 0.15) is 5.82 Å². The van der Waals surface area contributed by atoms with Crippen LogP contribution in [0.3, 0.4) is 0 Å². The number of hydrogen-bond donors (Lipinski definition) is 2. The summed E-state index contributed by atoms with van der Waals surface area (Å²) in [6.45, 7) is 4.35. The number of nitrogen functional groups attached to an aromatic ring is 1. The molecule has 0 aliphatic rings. The summed E-state index contributed by atoms with van der Waals surface area (Å²) < 4.78 is 0. The first kappa shape index (κ1) is 8.11. The zero-order valence-electron chi connectivity index (χ0n) is 7.09. The lowest BCUT2D eigenvalue weighted by molar-refractivity contribution is 0.645. The van der Waals surface area contributed by atoms with Gasteiger partial charge in [-0.25, -0.2) is 0 Å². The average Bonchev–Trinajstić information content (AvgIpc) is 2.36. The number of H-pyrrole nitrogens is 1. The maximum Gasteiger partial charge on any atom is 0.145 e. The number of nitrogens with zero attached hydrogens (tertiary/aromatic N) is 1. The molecule has 1 atom stereocenters. The van der Waals surface area contributed by atoms with Crippen molar-refractivity contribution in [3.8, 4) is 0 Å². The normalized spacial score (nSPS) is 13.3. The standard InChI is InChI=1S/C8H15N3/c1-3-4-6(2)7-5-8(9)11-10-7/h5-6H,3-4H2,1-2H3,(H3,9,10,11)/t6-/m0/s1. The molecule has 0 amide bonds. The number of anilines is 1. The quantitative estimate of drug-likeness (QED) is 0.696. The number of aromatic nitrogens is 2. The van der Waals surface area contributed by atoms with Crippen molar-refractivity contribution in [2.45, 2.75) is 32.6 Å². The number of nitrogens with one attached hydrogen (secondary N) is 1. The van der Waals surface area contributed by atoms with Gasteiger partial charge < -0.3 is 5.73 Å². The summed E-state index contributed by atoms with van der Waals surface area (Å²) in [7, 11) is 0. The summed E-state index contributed by atoms with van der Waals surface area (Å²) in [6.07, 6.45) is 2.38. The Balaban J connectivity index is 2.60. The Morgan fingerprint density at radius 3 is 2.91 bits per heavy atom. The molecule has 1 rings (SSSR count). The molecule has 1 heterocycles. The van der Waals surface area contributed by atoms with E-state index in [9.17, 15) is 0 Å². The van der Waals surface area contributed by atoms with E-state index in [-0.39, 0.29) is 0 Å². The van der Waals surface area contributed by atoms with Crippen LogP contribution in [0.25, 0.3) is 0 Å². The van der Waals surface area contributed by atoms with Gasteiger partial charge in [0.2, 0.25) is 0 Å². The predicted molar refractivity (Wildman–Crippen MR) is 46.3 cm³/mol. The highest BCUT2D eigenvalue weighted by molar-refractivity contribution is 5.29. The number of aromatic amines is 1.